The van der Waals surface area contributed by atoms with E-state index in [4.69, 9.17) is 5.26 Å². The van der Waals surface area contributed by atoms with Gasteiger partial charge >= 0.3 is 0 Å². The zero-order valence-electron chi connectivity index (χ0n) is 7.44. The molecule has 0 saturated carbocycles. The minimum atomic E-state index is -0.795. The second-order valence-corrected chi connectivity index (χ2v) is 2.67. The van der Waals surface area contributed by atoms with E-state index in [2.05, 4.69) is 0 Å². The van der Waals surface area contributed by atoms with Crippen molar-refractivity contribution >= 4 is 0 Å². The summed E-state index contributed by atoms with van der Waals surface area (Å²) in [6.07, 6.45) is 0.827. The van der Waals surface area contributed by atoms with E-state index >= 15 is 0 Å². The van der Waals surface area contributed by atoms with Crippen LogP contribution in [0.3, 0.4) is 0 Å². The maximum atomic E-state index is 9.69. The number of nitrogens with zero attached hydrogens (tertiary/aromatic N) is 1. The minimum Gasteiger partial charge on any atom is -0.383 e. The van der Waals surface area contributed by atoms with Crippen molar-refractivity contribution in [1.82, 2.24) is 0 Å². The van der Waals surface area contributed by atoms with Crippen LogP contribution < -0.4 is 0 Å². The molecule has 0 aliphatic rings. The molecule has 1 aromatic rings. The molecular weight excluding hydrogens is 162 g/mol. The number of hydrogen-bond donors (Lipinski definition) is 1. The van der Waals surface area contributed by atoms with Gasteiger partial charge in [0.15, 0.2) is 0 Å². The van der Waals surface area contributed by atoms with E-state index in [1.54, 1.807) is 25.1 Å². The van der Waals surface area contributed by atoms with Gasteiger partial charge in [-0.2, -0.15) is 5.26 Å². The SMILES string of the molecule is C/C=C(/C#N)C(O)c1ccccc1. The molecule has 66 valence electrons. The summed E-state index contributed by atoms with van der Waals surface area (Å²) < 4.78 is 0. The van der Waals surface area contributed by atoms with Crippen LogP contribution >= 0.6 is 0 Å². The van der Waals surface area contributed by atoms with E-state index in [0.29, 0.717) is 5.57 Å². The molecule has 2 heteroatoms. The van der Waals surface area contributed by atoms with Crippen molar-refractivity contribution in [3.8, 4) is 6.07 Å². The van der Waals surface area contributed by atoms with Crippen LogP contribution in [0.5, 0.6) is 0 Å². The van der Waals surface area contributed by atoms with Gasteiger partial charge in [-0.05, 0) is 12.5 Å². The van der Waals surface area contributed by atoms with Crippen LogP contribution in [0.15, 0.2) is 42.0 Å². The lowest BCUT2D eigenvalue weighted by Gasteiger charge is -2.08. The summed E-state index contributed by atoms with van der Waals surface area (Å²) in [6, 6.07) is 11.1. The standard InChI is InChI=1S/C11H11NO/c1-2-9(8-12)11(13)10-6-4-3-5-7-10/h2-7,11,13H,1H3/b9-2-. The number of aliphatic hydroxyl groups excluding tert-OH is 1. The van der Waals surface area contributed by atoms with Crippen molar-refractivity contribution in [2.24, 2.45) is 0 Å². The maximum absolute atomic E-state index is 9.69. The molecule has 1 rings (SSSR count). The van der Waals surface area contributed by atoms with Crippen LogP contribution in [0.1, 0.15) is 18.6 Å². The van der Waals surface area contributed by atoms with Crippen LogP contribution in [-0.4, -0.2) is 5.11 Å². The third-order valence-corrected chi connectivity index (χ3v) is 1.85. The van der Waals surface area contributed by atoms with Crippen LogP contribution in [0.4, 0.5) is 0 Å². The van der Waals surface area contributed by atoms with Gasteiger partial charge in [0, 0.05) is 0 Å². The average Bonchev–Trinajstić information content (AvgIpc) is 2.21. The van der Waals surface area contributed by atoms with E-state index in [9.17, 15) is 5.11 Å². The number of hydrogen-bond acceptors (Lipinski definition) is 2. The van der Waals surface area contributed by atoms with Crippen molar-refractivity contribution in [2.75, 3.05) is 0 Å². The van der Waals surface area contributed by atoms with Gasteiger partial charge in [-0.1, -0.05) is 36.4 Å². The molecule has 0 spiro atoms. The zero-order valence-corrected chi connectivity index (χ0v) is 7.44. The summed E-state index contributed by atoms with van der Waals surface area (Å²) in [6.45, 7) is 1.74. The van der Waals surface area contributed by atoms with Crippen LogP contribution in [-0.2, 0) is 0 Å². The van der Waals surface area contributed by atoms with Crippen molar-refractivity contribution in [2.45, 2.75) is 13.0 Å². The number of benzene rings is 1. The summed E-state index contributed by atoms with van der Waals surface area (Å²) in [4.78, 5) is 0. The molecule has 0 aromatic heterocycles. The molecule has 0 amide bonds. The largest absolute Gasteiger partial charge is 0.383 e. The van der Waals surface area contributed by atoms with Crippen LogP contribution in [0, 0.1) is 11.3 Å². The van der Waals surface area contributed by atoms with Gasteiger partial charge in [0.2, 0.25) is 0 Å². The maximum Gasteiger partial charge on any atom is 0.114 e. The molecule has 0 saturated heterocycles. The Bertz CT molecular complexity index is 335. The Morgan fingerprint density at radius 3 is 2.54 bits per heavy atom. The second-order valence-electron chi connectivity index (χ2n) is 2.67. The fraction of sp³-hybridized carbons (Fsp3) is 0.182. The Hall–Kier alpha value is -1.59. The lowest BCUT2D eigenvalue weighted by Crippen LogP contribution is -1.99. The topological polar surface area (TPSA) is 44.0 Å². The fourth-order valence-corrected chi connectivity index (χ4v) is 1.10. The first-order valence-corrected chi connectivity index (χ1v) is 4.09. The first kappa shape index (κ1) is 9.50. The smallest absolute Gasteiger partial charge is 0.114 e. The highest BCUT2D eigenvalue weighted by molar-refractivity contribution is 5.33. The van der Waals surface area contributed by atoms with Gasteiger partial charge in [-0.25, -0.2) is 0 Å². The summed E-state index contributed by atoms with van der Waals surface area (Å²) in [7, 11) is 0. The minimum absolute atomic E-state index is 0.381. The van der Waals surface area contributed by atoms with Crippen molar-refractivity contribution in [1.29, 1.82) is 5.26 Å². The lowest BCUT2D eigenvalue weighted by atomic mass is 10.0. The fourth-order valence-electron chi connectivity index (χ4n) is 1.10. The number of allylic oxidation sites excluding steroid dienone is 1. The van der Waals surface area contributed by atoms with Gasteiger partial charge in [-0.3, -0.25) is 0 Å². The summed E-state index contributed by atoms with van der Waals surface area (Å²) in [5.41, 5.74) is 1.13. The van der Waals surface area contributed by atoms with E-state index < -0.39 is 6.10 Å². The van der Waals surface area contributed by atoms with Crippen LogP contribution in [0.2, 0.25) is 0 Å². The second kappa shape index (κ2) is 4.44. The molecular formula is C11H11NO. The molecule has 0 aliphatic carbocycles. The molecule has 1 unspecified atom stereocenters. The van der Waals surface area contributed by atoms with E-state index in [-0.39, 0.29) is 0 Å². The summed E-state index contributed by atoms with van der Waals surface area (Å²) >= 11 is 0. The molecule has 0 heterocycles. The van der Waals surface area contributed by atoms with Gasteiger partial charge < -0.3 is 5.11 Å². The average molecular weight is 173 g/mol. The number of aliphatic hydroxyl groups is 1. The van der Waals surface area contributed by atoms with Gasteiger partial charge in [0.25, 0.3) is 0 Å². The third kappa shape index (κ3) is 2.17. The lowest BCUT2D eigenvalue weighted by molar-refractivity contribution is 0.220. The summed E-state index contributed by atoms with van der Waals surface area (Å²) in [5.74, 6) is 0. The predicted octanol–water partition coefficient (Wildman–Crippen LogP) is 2.19. The molecule has 0 radical (unpaired) electrons. The van der Waals surface area contributed by atoms with E-state index in [1.165, 1.54) is 0 Å². The van der Waals surface area contributed by atoms with E-state index in [0.717, 1.165) is 5.56 Å². The zero-order chi connectivity index (χ0) is 9.68. The summed E-state index contributed by atoms with van der Waals surface area (Å²) in [5, 5.41) is 18.4. The number of rotatable bonds is 2. The molecule has 1 aromatic carbocycles. The van der Waals surface area contributed by atoms with Crippen LogP contribution in [0.25, 0.3) is 0 Å². The molecule has 0 aliphatic heterocycles. The monoisotopic (exact) mass is 173 g/mol. The van der Waals surface area contributed by atoms with Crippen molar-refractivity contribution in [3.05, 3.63) is 47.5 Å². The Labute approximate surface area is 77.8 Å². The van der Waals surface area contributed by atoms with Gasteiger partial charge in [-0.15, -0.1) is 0 Å². The third-order valence-electron chi connectivity index (χ3n) is 1.85. The molecule has 13 heavy (non-hydrogen) atoms. The van der Waals surface area contributed by atoms with Gasteiger partial charge in [0.1, 0.15) is 6.10 Å². The molecule has 2 nitrogen and oxygen atoms in total. The molecule has 0 bridgehead atoms. The molecule has 0 fully saturated rings. The Morgan fingerprint density at radius 2 is 2.08 bits per heavy atom. The normalized spacial score (nSPS) is 13.5. The highest BCUT2D eigenvalue weighted by atomic mass is 16.3. The van der Waals surface area contributed by atoms with Gasteiger partial charge in [0.05, 0.1) is 11.6 Å². The quantitative estimate of drug-likeness (QED) is 0.696. The Kier molecular flexibility index (Phi) is 3.24. The Morgan fingerprint density at radius 1 is 1.46 bits per heavy atom. The van der Waals surface area contributed by atoms with E-state index in [1.807, 2.05) is 24.3 Å². The van der Waals surface area contributed by atoms with Crippen molar-refractivity contribution in [3.63, 3.8) is 0 Å². The molecule has 1 atom stereocenters. The number of nitriles is 1. The Balaban J connectivity index is 2.93. The molecule has 1 N–H and O–H groups in total. The predicted molar refractivity (Wildman–Crippen MR) is 50.8 cm³/mol. The van der Waals surface area contributed by atoms with Crippen molar-refractivity contribution < 1.29 is 5.11 Å². The first-order valence-electron chi connectivity index (χ1n) is 4.09. The first-order chi connectivity index (χ1) is 6.29. The highest BCUT2D eigenvalue weighted by Crippen LogP contribution is 2.19. The highest BCUT2D eigenvalue weighted by Gasteiger charge is 2.10.